The van der Waals surface area contributed by atoms with E-state index in [1.807, 2.05) is 0 Å². The van der Waals surface area contributed by atoms with Crippen molar-refractivity contribution in [3.05, 3.63) is 0 Å². The second-order valence-corrected chi connectivity index (χ2v) is 2.98. The summed E-state index contributed by atoms with van der Waals surface area (Å²) >= 11 is 0. The number of nitrogens with two attached hydrogens (primary N) is 1. The Kier molecular flexibility index (Phi) is 3.48. The number of hydrogen-bond acceptors (Lipinski definition) is 3. The molecule has 0 radical (unpaired) electrons. The van der Waals surface area contributed by atoms with Crippen molar-refractivity contribution in [3.8, 4) is 0 Å². The van der Waals surface area contributed by atoms with Crippen LogP contribution in [0, 0.1) is 0 Å². The first-order valence-electron chi connectivity index (χ1n) is 3.51. The van der Waals surface area contributed by atoms with Crippen molar-refractivity contribution in [1.82, 2.24) is 0 Å². The summed E-state index contributed by atoms with van der Waals surface area (Å²) in [6.07, 6.45) is -0.221. The molecule has 0 amide bonds. The SMILES string of the molecule is CC(CN)OC(C)(C)C(=O)O. The summed E-state index contributed by atoms with van der Waals surface area (Å²) in [4.78, 5) is 10.5. The quantitative estimate of drug-likeness (QED) is 0.618. The van der Waals surface area contributed by atoms with Gasteiger partial charge in [-0.05, 0) is 20.8 Å². The molecule has 0 rings (SSSR count). The molecule has 3 N–H and O–H groups in total. The molecule has 0 aliphatic heterocycles. The molecular weight excluding hydrogens is 146 g/mol. The van der Waals surface area contributed by atoms with Gasteiger partial charge in [0, 0.05) is 6.54 Å². The van der Waals surface area contributed by atoms with Crippen LogP contribution in [0.1, 0.15) is 20.8 Å². The molecule has 0 saturated heterocycles. The maximum atomic E-state index is 10.5. The number of aliphatic carboxylic acids is 1. The van der Waals surface area contributed by atoms with Gasteiger partial charge in [-0.3, -0.25) is 0 Å². The molecule has 0 fully saturated rings. The first kappa shape index (κ1) is 10.4. The van der Waals surface area contributed by atoms with Crippen LogP contribution < -0.4 is 5.73 Å². The third kappa shape index (κ3) is 3.34. The van der Waals surface area contributed by atoms with Crippen LogP contribution in [0.5, 0.6) is 0 Å². The molecule has 0 aromatic heterocycles. The van der Waals surface area contributed by atoms with Crippen LogP contribution in [0.2, 0.25) is 0 Å². The lowest BCUT2D eigenvalue weighted by molar-refractivity contribution is -0.166. The van der Waals surface area contributed by atoms with E-state index in [1.165, 1.54) is 13.8 Å². The molecule has 0 spiro atoms. The van der Waals surface area contributed by atoms with Gasteiger partial charge < -0.3 is 15.6 Å². The maximum absolute atomic E-state index is 10.5. The molecule has 4 heteroatoms. The van der Waals surface area contributed by atoms with E-state index in [9.17, 15) is 4.79 Å². The van der Waals surface area contributed by atoms with E-state index in [1.54, 1.807) is 6.92 Å². The van der Waals surface area contributed by atoms with Crippen LogP contribution in [0.4, 0.5) is 0 Å². The molecule has 0 aliphatic rings. The van der Waals surface area contributed by atoms with Crippen LogP contribution >= 0.6 is 0 Å². The molecule has 0 aliphatic carbocycles. The molecule has 4 nitrogen and oxygen atoms in total. The predicted octanol–water partition coefficient (Wildman–Crippen LogP) is 0.213. The number of carboxylic acid groups (broad SMARTS) is 1. The van der Waals surface area contributed by atoms with Crippen molar-refractivity contribution in [1.29, 1.82) is 0 Å². The third-order valence-electron chi connectivity index (χ3n) is 1.34. The topological polar surface area (TPSA) is 72.5 Å². The zero-order valence-corrected chi connectivity index (χ0v) is 7.13. The van der Waals surface area contributed by atoms with Crippen molar-refractivity contribution in [3.63, 3.8) is 0 Å². The fraction of sp³-hybridized carbons (Fsp3) is 0.857. The van der Waals surface area contributed by atoms with E-state index in [0.717, 1.165) is 0 Å². The van der Waals surface area contributed by atoms with E-state index in [-0.39, 0.29) is 6.10 Å². The first-order chi connectivity index (χ1) is 4.90. The number of hydrogen-bond donors (Lipinski definition) is 2. The van der Waals surface area contributed by atoms with Crippen molar-refractivity contribution in [2.45, 2.75) is 32.5 Å². The summed E-state index contributed by atoms with van der Waals surface area (Å²) in [5, 5.41) is 8.62. The maximum Gasteiger partial charge on any atom is 0.335 e. The standard InChI is InChI=1S/C7H15NO3/c1-5(4-8)11-7(2,3)6(9)10/h5H,4,8H2,1-3H3,(H,9,10). The summed E-state index contributed by atoms with van der Waals surface area (Å²) in [5.41, 5.74) is 4.12. The summed E-state index contributed by atoms with van der Waals surface area (Å²) in [7, 11) is 0. The zero-order valence-electron chi connectivity index (χ0n) is 7.13. The van der Waals surface area contributed by atoms with Crippen molar-refractivity contribution < 1.29 is 14.6 Å². The van der Waals surface area contributed by atoms with Gasteiger partial charge in [0.2, 0.25) is 0 Å². The molecule has 0 aromatic carbocycles. The van der Waals surface area contributed by atoms with Gasteiger partial charge >= 0.3 is 5.97 Å². The molecule has 1 unspecified atom stereocenters. The second kappa shape index (κ2) is 3.69. The summed E-state index contributed by atoms with van der Waals surface area (Å²) in [6.45, 7) is 5.07. The van der Waals surface area contributed by atoms with E-state index in [0.29, 0.717) is 6.54 Å². The Balaban J connectivity index is 4.01. The summed E-state index contributed by atoms with van der Waals surface area (Å²) in [6, 6.07) is 0. The molecular formula is C7H15NO3. The van der Waals surface area contributed by atoms with E-state index >= 15 is 0 Å². The van der Waals surface area contributed by atoms with Crippen molar-refractivity contribution in [2.75, 3.05) is 6.54 Å². The Morgan fingerprint density at radius 3 is 2.45 bits per heavy atom. The van der Waals surface area contributed by atoms with Crippen LogP contribution in [-0.4, -0.2) is 29.3 Å². The van der Waals surface area contributed by atoms with Gasteiger partial charge in [-0.2, -0.15) is 0 Å². The normalized spacial score (nSPS) is 14.5. The molecule has 66 valence electrons. The number of carbonyl (C=O) groups is 1. The van der Waals surface area contributed by atoms with E-state index in [4.69, 9.17) is 15.6 Å². The molecule has 0 saturated carbocycles. The minimum atomic E-state index is -1.14. The highest BCUT2D eigenvalue weighted by atomic mass is 16.5. The molecule has 0 aromatic rings. The monoisotopic (exact) mass is 161 g/mol. The summed E-state index contributed by atoms with van der Waals surface area (Å²) in [5.74, 6) is -0.974. The average Bonchev–Trinajstić information content (AvgIpc) is 1.86. The number of carboxylic acids is 1. The van der Waals surface area contributed by atoms with Gasteiger partial charge in [0.1, 0.15) is 0 Å². The zero-order chi connectivity index (χ0) is 9.07. The first-order valence-corrected chi connectivity index (χ1v) is 3.51. The fourth-order valence-corrected chi connectivity index (χ4v) is 0.601. The van der Waals surface area contributed by atoms with Crippen molar-refractivity contribution >= 4 is 5.97 Å². The van der Waals surface area contributed by atoms with E-state index in [2.05, 4.69) is 0 Å². The number of ether oxygens (including phenoxy) is 1. The second-order valence-electron chi connectivity index (χ2n) is 2.98. The Bertz CT molecular complexity index is 145. The van der Waals surface area contributed by atoms with Crippen molar-refractivity contribution in [2.24, 2.45) is 5.73 Å². The third-order valence-corrected chi connectivity index (χ3v) is 1.34. The fourth-order valence-electron chi connectivity index (χ4n) is 0.601. The number of rotatable bonds is 4. The smallest absolute Gasteiger partial charge is 0.335 e. The van der Waals surface area contributed by atoms with Gasteiger partial charge in [-0.15, -0.1) is 0 Å². The predicted molar refractivity (Wildman–Crippen MR) is 41.3 cm³/mol. The van der Waals surface area contributed by atoms with Gasteiger partial charge in [0.25, 0.3) is 0 Å². The molecule has 0 heterocycles. The van der Waals surface area contributed by atoms with Gasteiger partial charge in [0.15, 0.2) is 5.60 Å². The minimum Gasteiger partial charge on any atom is -0.479 e. The van der Waals surface area contributed by atoms with Gasteiger partial charge in [-0.1, -0.05) is 0 Å². The average molecular weight is 161 g/mol. The highest BCUT2D eigenvalue weighted by Crippen LogP contribution is 2.11. The van der Waals surface area contributed by atoms with E-state index < -0.39 is 11.6 Å². The summed E-state index contributed by atoms with van der Waals surface area (Å²) < 4.78 is 5.12. The lowest BCUT2D eigenvalue weighted by Gasteiger charge is -2.23. The van der Waals surface area contributed by atoms with Crippen LogP contribution in [0.15, 0.2) is 0 Å². The van der Waals surface area contributed by atoms with Crippen LogP contribution in [0.3, 0.4) is 0 Å². The Morgan fingerprint density at radius 1 is 1.73 bits per heavy atom. The lowest BCUT2D eigenvalue weighted by atomic mass is 10.1. The minimum absolute atomic E-state index is 0.221. The largest absolute Gasteiger partial charge is 0.479 e. The Morgan fingerprint density at radius 2 is 2.18 bits per heavy atom. The Hall–Kier alpha value is -0.610. The molecule has 1 atom stereocenters. The highest BCUT2D eigenvalue weighted by molar-refractivity contribution is 5.76. The Labute approximate surface area is 66.3 Å². The van der Waals surface area contributed by atoms with Gasteiger partial charge in [0.05, 0.1) is 6.10 Å². The van der Waals surface area contributed by atoms with Crippen LogP contribution in [0.25, 0.3) is 0 Å². The molecule has 0 bridgehead atoms. The highest BCUT2D eigenvalue weighted by Gasteiger charge is 2.29. The molecule has 11 heavy (non-hydrogen) atoms. The lowest BCUT2D eigenvalue weighted by Crippen LogP contribution is -2.39. The van der Waals surface area contributed by atoms with Gasteiger partial charge in [-0.25, -0.2) is 4.79 Å². The van der Waals surface area contributed by atoms with Crippen LogP contribution in [-0.2, 0) is 9.53 Å².